The van der Waals surface area contributed by atoms with E-state index in [0.29, 0.717) is 11.7 Å². The molecule has 2 fully saturated rings. The van der Waals surface area contributed by atoms with E-state index in [1.165, 1.54) is 32.1 Å². The number of carbonyl (C=O) groups is 1. The molecule has 2 aliphatic rings. The van der Waals surface area contributed by atoms with Crippen molar-refractivity contribution >= 4 is 17.1 Å². The van der Waals surface area contributed by atoms with Crippen LogP contribution in [0.3, 0.4) is 0 Å². The highest BCUT2D eigenvalue weighted by atomic mass is 32.1. The number of aromatic amines is 1. The van der Waals surface area contributed by atoms with Gasteiger partial charge in [0, 0.05) is 33.5 Å². The Labute approximate surface area is 135 Å². The van der Waals surface area contributed by atoms with Crippen molar-refractivity contribution in [2.75, 3.05) is 0 Å². The third-order valence-corrected chi connectivity index (χ3v) is 6.74. The number of nitrogens with one attached hydrogen (secondary N) is 1. The van der Waals surface area contributed by atoms with Crippen molar-refractivity contribution in [2.45, 2.75) is 39.0 Å². The fourth-order valence-corrected chi connectivity index (χ4v) is 5.47. The van der Waals surface area contributed by atoms with Crippen molar-refractivity contribution < 1.29 is 4.79 Å². The Morgan fingerprint density at radius 3 is 3.09 bits per heavy atom. The molecule has 22 heavy (non-hydrogen) atoms. The molecule has 2 aromatic rings. The van der Waals surface area contributed by atoms with Gasteiger partial charge in [0.1, 0.15) is 0 Å². The fourth-order valence-electron chi connectivity index (χ4n) is 4.59. The van der Waals surface area contributed by atoms with Crippen LogP contribution in [0.4, 0.5) is 0 Å². The van der Waals surface area contributed by atoms with E-state index in [2.05, 4.69) is 17.1 Å². The Balaban J connectivity index is 1.52. The average molecular weight is 314 g/mol. The molecular weight excluding hydrogens is 292 g/mol. The quantitative estimate of drug-likeness (QED) is 0.825. The van der Waals surface area contributed by atoms with Crippen LogP contribution in [0, 0.1) is 23.7 Å². The summed E-state index contributed by atoms with van der Waals surface area (Å²) >= 11 is 1.63. The summed E-state index contributed by atoms with van der Waals surface area (Å²) in [5, 5.41) is 8.83. The molecule has 2 heterocycles. The lowest BCUT2D eigenvalue weighted by molar-refractivity contribution is 0.0863. The number of rotatable bonds is 4. The van der Waals surface area contributed by atoms with E-state index in [1.807, 2.05) is 23.8 Å². The molecule has 4 atom stereocenters. The minimum Gasteiger partial charge on any atom is -0.294 e. The summed E-state index contributed by atoms with van der Waals surface area (Å²) in [5.74, 6) is 2.80. The van der Waals surface area contributed by atoms with E-state index in [0.717, 1.165) is 27.8 Å². The van der Waals surface area contributed by atoms with E-state index in [1.54, 1.807) is 11.3 Å². The van der Waals surface area contributed by atoms with Gasteiger partial charge in [-0.05, 0) is 36.7 Å². The van der Waals surface area contributed by atoms with Crippen LogP contribution in [-0.4, -0.2) is 16.0 Å². The number of aromatic nitrogens is 2. The highest BCUT2D eigenvalue weighted by Crippen LogP contribution is 2.49. The van der Waals surface area contributed by atoms with Crippen LogP contribution in [0.5, 0.6) is 0 Å². The lowest BCUT2D eigenvalue weighted by atomic mass is 9.79. The van der Waals surface area contributed by atoms with E-state index < -0.39 is 0 Å². The first kappa shape index (κ1) is 14.2. The van der Waals surface area contributed by atoms with Crippen LogP contribution in [-0.2, 0) is 0 Å². The van der Waals surface area contributed by atoms with Crippen LogP contribution in [0.15, 0.2) is 23.8 Å². The van der Waals surface area contributed by atoms with E-state index in [-0.39, 0.29) is 5.92 Å². The van der Waals surface area contributed by atoms with Gasteiger partial charge in [-0.2, -0.15) is 5.10 Å². The molecule has 4 unspecified atom stereocenters. The molecule has 2 aromatic heterocycles. The van der Waals surface area contributed by atoms with Crippen LogP contribution in [0.1, 0.15) is 49.4 Å². The second-order valence-corrected chi connectivity index (χ2v) is 7.94. The Bertz CT molecular complexity index is 660. The molecule has 3 nitrogen and oxygen atoms in total. The summed E-state index contributed by atoms with van der Waals surface area (Å²) in [6, 6.07) is 2.04. The zero-order valence-electron chi connectivity index (χ0n) is 12.9. The number of Topliss-reactive ketones (excluding diaryl/α,β-unsaturated/α-hetero) is 1. The minimum atomic E-state index is 0.167. The Hall–Kier alpha value is -1.42. The molecule has 2 aliphatic carbocycles. The number of H-pyrrole nitrogens is 1. The third-order valence-electron chi connectivity index (χ3n) is 5.76. The number of hydrogen-bond donors (Lipinski definition) is 1. The van der Waals surface area contributed by atoms with Crippen molar-refractivity contribution in [2.24, 2.45) is 23.7 Å². The normalized spacial score (nSPS) is 28.7. The molecule has 0 radical (unpaired) electrons. The molecule has 0 spiro atoms. The molecule has 0 amide bonds. The molecule has 0 aromatic carbocycles. The van der Waals surface area contributed by atoms with Crippen molar-refractivity contribution in [1.82, 2.24) is 10.2 Å². The molecule has 4 rings (SSSR count). The van der Waals surface area contributed by atoms with Crippen molar-refractivity contribution in [3.63, 3.8) is 0 Å². The van der Waals surface area contributed by atoms with Gasteiger partial charge in [-0.3, -0.25) is 9.89 Å². The van der Waals surface area contributed by atoms with Gasteiger partial charge < -0.3 is 0 Å². The highest BCUT2D eigenvalue weighted by molar-refractivity contribution is 7.13. The molecule has 116 valence electrons. The second kappa shape index (κ2) is 5.65. The minimum absolute atomic E-state index is 0.167. The summed E-state index contributed by atoms with van der Waals surface area (Å²) < 4.78 is 0. The Morgan fingerprint density at radius 1 is 1.41 bits per heavy atom. The maximum absolute atomic E-state index is 12.9. The molecule has 2 bridgehead atoms. The topological polar surface area (TPSA) is 45.8 Å². The zero-order valence-corrected chi connectivity index (χ0v) is 13.7. The number of ketones is 1. The number of carbonyl (C=O) groups excluding carboxylic acids is 1. The third kappa shape index (κ3) is 2.43. The van der Waals surface area contributed by atoms with E-state index in [4.69, 9.17) is 0 Å². The lowest BCUT2D eigenvalue weighted by Gasteiger charge is -2.25. The van der Waals surface area contributed by atoms with Crippen molar-refractivity contribution in [3.8, 4) is 10.4 Å². The second-order valence-electron chi connectivity index (χ2n) is 7.03. The molecular formula is C18H22N2OS. The summed E-state index contributed by atoms with van der Waals surface area (Å²) in [7, 11) is 0. The molecule has 1 N–H and O–H groups in total. The van der Waals surface area contributed by atoms with Crippen LogP contribution >= 0.6 is 11.3 Å². The predicted molar refractivity (Wildman–Crippen MR) is 89.0 cm³/mol. The van der Waals surface area contributed by atoms with Crippen LogP contribution in [0.25, 0.3) is 10.4 Å². The van der Waals surface area contributed by atoms with E-state index in [9.17, 15) is 4.79 Å². The standard InChI is InChI=1S/C18H22N2OS/c1-11(16-6-12-3-2-4-13(16)5-12)18(21)14-7-17(22-10-14)15-8-19-20-9-15/h7-13,16H,2-6H2,1H3,(H,19,20). The first-order valence-corrected chi connectivity index (χ1v) is 9.22. The van der Waals surface area contributed by atoms with Gasteiger partial charge in [-0.1, -0.05) is 26.2 Å². The monoisotopic (exact) mass is 314 g/mol. The van der Waals surface area contributed by atoms with Gasteiger partial charge in [0.15, 0.2) is 5.78 Å². The summed E-state index contributed by atoms with van der Waals surface area (Å²) in [5.41, 5.74) is 1.95. The summed E-state index contributed by atoms with van der Waals surface area (Å²) in [6.07, 6.45) is 10.4. The number of hydrogen-bond acceptors (Lipinski definition) is 3. The van der Waals surface area contributed by atoms with Gasteiger partial charge in [0.05, 0.1) is 6.20 Å². The number of nitrogens with zero attached hydrogens (tertiary/aromatic N) is 1. The first-order chi connectivity index (χ1) is 10.7. The van der Waals surface area contributed by atoms with Gasteiger partial charge in [0.2, 0.25) is 0 Å². The van der Waals surface area contributed by atoms with Gasteiger partial charge in [-0.25, -0.2) is 0 Å². The summed E-state index contributed by atoms with van der Waals surface area (Å²) in [4.78, 5) is 14.0. The maximum atomic E-state index is 12.9. The van der Waals surface area contributed by atoms with Crippen molar-refractivity contribution in [3.05, 3.63) is 29.4 Å². The molecule has 0 saturated heterocycles. The number of fused-ring (bicyclic) bond motifs is 2. The SMILES string of the molecule is CC(C(=O)c1csc(-c2cn[nH]c2)c1)C1CC2CCCC1C2. The van der Waals surface area contributed by atoms with Crippen LogP contribution in [0.2, 0.25) is 0 Å². The summed E-state index contributed by atoms with van der Waals surface area (Å²) in [6.45, 7) is 2.16. The van der Waals surface area contributed by atoms with Gasteiger partial charge in [0.25, 0.3) is 0 Å². The molecule has 0 aliphatic heterocycles. The van der Waals surface area contributed by atoms with Gasteiger partial charge >= 0.3 is 0 Å². The van der Waals surface area contributed by atoms with Crippen LogP contribution < -0.4 is 0 Å². The van der Waals surface area contributed by atoms with E-state index >= 15 is 0 Å². The van der Waals surface area contributed by atoms with Crippen molar-refractivity contribution in [1.29, 1.82) is 0 Å². The molecule has 2 saturated carbocycles. The average Bonchev–Trinajstić information content (AvgIpc) is 3.25. The zero-order chi connectivity index (χ0) is 15.1. The number of thiophene rings is 1. The Kier molecular flexibility index (Phi) is 3.65. The Morgan fingerprint density at radius 2 is 2.32 bits per heavy atom. The highest BCUT2D eigenvalue weighted by Gasteiger charge is 2.41. The smallest absolute Gasteiger partial charge is 0.166 e. The first-order valence-electron chi connectivity index (χ1n) is 8.34. The largest absolute Gasteiger partial charge is 0.294 e. The predicted octanol–water partition coefficient (Wildman–Crippen LogP) is 4.78. The molecule has 4 heteroatoms. The maximum Gasteiger partial charge on any atom is 0.166 e. The lowest BCUT2D eigenvalue weighted by Crippen LogP contribution is -2.23. The fraction of sp³-hybridized carbons (Fsp3) is 0.556. The van der Waals surface area contributed by atoms with Gasteiger partial charge in [-0.15, -0.1) is 11.3 Å².